The van der Waals surface area contributed by atoms with Crippen LogP contribution in [0.3, 0.4) is 0 Å². The van der Waals surface area contributed by atoms with Crippen LogP contribution >= 0.6 is 0 Å². The first kappa shape index (κ1) is 19.8. The van der Waals surface area contributed by atoms with Gasteiger partial charge < -0.3 is 30.0 Å². The molecular formula is C22H34N2O5. The molecule has 29 heavy (non-hydrogen) atoms. The van der Waals surface area contributed by atoms with E-state index in [-0.39, 0.29) is 59.7 Å². The van der Waals surface area contributed by atoms with Gasteiger partial charge >= 0.3 is 6.09 Å². The minimum absolute atomic E-state index is 0.115. The first-order valence-electron chi connectivity index (χ1n) is 11.1. The first-order chi connectivity index (χ1) is 13.9. The van der Waals surface area contributed by atoms with Gasteiger partial charge in [0.2, 0.25) is 0 Å². The van der Waals surface area contributed by atoms with Crippen molar-refractivity contribution in [1.29, 1.82) is 0 Å². The molecule has 3 N–H and O–H groups in total. The molecule has 2 saturated heterocycles. The molecule has 7 heteroatoms. The van der Waals surface area contributed by atoms with E-state index in [2.05, 4.69) is 25.2 Å². The van der Waals surface area contributed by atoms with E-state index in [0.717, 1.165) is 44.9 Å². The standard InChI is InChI=1S/C22H34N2O5/c1-12(2)4-9-16-22(28-16)18-17(26-3)15(10-11-21(18)19(22)29-21)27-20(25)24-14-7-5-13(23)6-8-14/h4,13-19H,5-11,23H2,1-3H3,(H,24,25)/t13?,14?,15?,16-,17?,18?,19?,21-,22?/m1/s1. The predicted molar refractivity (Wildman–Crippen MR) is 106 cm³/mol. The SMILES string of the molecule is COC1C(OC(=O)NC2CCC(N)CC2)CC[C@]23OC2C2(O[C@@H]2CC=C(C)C)C13. The molecule has 7 nitrogen and oxygen atoms in total. The molecule has 162 valence electrons. The highest BCUT2D eigenvalue weighted by Crippen LogP contribution is 2.77. The van der Waals surface area contributed by atoms with Gasteiger partial charge in [-0.1, -0.05) is 11.6 Å². The lowest BCUT2D eigenvalue weighted by Crippen LogP contribution is -2.66. The fourth-order valence-corrected chi connectivity index (χ4v) is 6.28. The van der Waals surface area contributed by atoms with Crippen LogP contribution in [0.5, 0.6) is 0 Å². The molecule has 3 aliphatic carbocycles. The van der Waals surface area contributed by atoms with E-state index >= 15 is 0 Å². The zero-order chi connectivity index (χ0) is 20.4. The summed E-state index contributed by atoms with van der Waals surface area (Å²) >= 11 is 0. The smallest absolute Gasteiger partial charge is 0.407 e. The van der Waals surface area contributed by atoms with E-state index in [1.54, 1.807) is 7.11 Å². The van der Waals surface area contributed by atoms with Crippen molar-refractivity contribution >= 4 is 6.09 Å². The van der Waals surface area contributed by atoms with Gasteiger partial charge in [0.1, 0.15) is 29.5 Å². The molecule has 0 aromatic carbocycles. The van der Waals surface area contributed by atoms with Crippen molar-refractivity contribution in [2.75, 3.05) is 7.11 Å². The molecule has 2 aliphatic heterocycles. The Morgan fingerprint density at radius 2 is 1.97 bits per heavy atom. The molecule has 1 amide bonds. The fourth-order valence-electron chi connectivity index (χ4n) is 6.28. The summed E-state index contributed by atoms with van der Waals surface area (Å²) in [6.45, 7) is 4.21. The molecule has 0 radical (unpaired) electrons. The van der Waals surface area contributed by atoms with Gasteiger partial charge in [-0.3, -0.25) is 0 Å². The van der Waals surface area contributed by atoms with E-state index in [1.165, 1.54) is 5.57 Å². The Hall–Kier alpha value is -1.15. The number of amides is 1. The van der Waals surface area contributed by atoms with Gasteiger partial charge in [-0.25, -0.2) is 4.79 Å². The van der Waals surface area contributed by atoms with Gasteiger partial charge in [-0.15, -0.1) is 0 Å². The number of allylic oxidation sites excluding steroid dienone is 1. The minimum Gasteiger partial charge on any atom is -0.443 e. The number of carbonyl (C=O) groups excluding carboxylic acids is 1. The van der Waals surface area contributed by atoms with Gasteiger partial charge in [-0.05, 0) is 58.8 Å². The molecule has 5 rings (SSSR count). The van der Waals surface area contributed by atoms with Crippen LogP contribution in [-0.2, 0) is 18.9 Å². The van der Waals surface area contributed by atoms with Crippen LogP contribution in [0.25, 0.3) is 0 Å². The lowest BCUT2D eigenvalue weighted by molar-refractivity contribution is -0.133. The summed E-state index contributed by atoms with van der Waals surface area (Å²) in [5.41, 5.74) is 6.89. The van der Waals surface area contributed by atoms with Crippen molar-refractivity contribution in [3.05, 3.63) is 11.6 Å². The minimum atomic E-state index is -0.340. The number of nitrogens with one attached hydrogen (secondary N) is 1. The first-order valence-corrected chi connectivity index (χ1v) is 11.1. The molecule has 0 aromatic heterocycles. The highest BCUT2D eigenvalue weighted by atomic mass is 16.7. The average molecular weight is 407 g/mol. The Morgan fingerprint density at radius 1 is 1.21 bits per heavy atom. The Kier molecular flexibility index (Phi) is 4.74. The lowest BCUT2D eigenvalue weighted by atomic mass is 9.55. The maximum atomic E-state index is 12.5. The molecule has 3 saturated carbocycles. The third-order valence-corrected chi connectivity index (χ3v) is 7.82. The number of hydrogen-bond donors (Lipinski definition) is 2. The van der Waals surface area contributed by atoms with Crippen molar-refractivity contribution in [3.8, 4) is 0 Å². The van der Waals surface area contributed by atoms with Crippen LogP contribution in [0.1, 0.15) is 58.8 Å². The number of alkyl carbamates (subject to hydrolysis) is 1. The molecule has 5 fully saturated rings. The van der Waals surface area contributed by atoms with Crippen molar-refractivity contribution in [2.45, 2.75) is 106 Å². The zero-order valence-electron chi connectivity index (χ0n) is 17.7. The Morgan fingerprint density at radius 3 is 2.66 bits per heavy atom. The highest BCUT2D eigenvalue weighted by Gasteiger charge is 2.94. The van der Waals surface area contributed by atoms with Gasteiger partial charge in [0.25, 0.3) is 0 Å². The van der Waals surface area contributed by atoms with Crippen LogP contribution < -0.4 is 11.1 Å². The van der Waals surface area contributed by atoms with Crippen LogP contribution in [0.2, 0.25) is 0 Å². The molecule has 2 spiro atoms. The van der Waals surface area contributed by atoms with Crippen LogP contribution in [0, 0.1) is 5.92 Å². The van der Waals surface area contributed by atoms with Crippen LogP contribution in [0.4, 0.5) is 4.79 Å². The van der Waals surface area contributed by atoms with Gasteiger partial charge in [0.05, 0.1) is 12.0 Å². The van der Waals surface area contributed by atoms with E-state index in [9.17, 15) is 4.79 Å². The summed E-state index contributed by atoms with van der Waals surface area (Å²) < 4.78 is 24.1. The third-order valence-electron chi connectivity index (χ3n) is 7.82. The molecule has 0 bridgehead atoms. The van der Waals surface area contributed by atoms with E-state index in [0.29, 0.717) is 0 Å². The molecule has 5 unspecified atom stereocenters. The Bertz CT molecular complexity index is 701. The van der Waals surface area contributed by atoms with Crippen molar-refractivity contribution in [3.63, 3.8) is 0 Å². The van der Waals surface area contributed by atoms with Crippen molar-refractivity contribution in [2.24, 2.45) is 11.7 Å². The highest BCUT2D eigenvalue weighted by molar-refractivity contribution is 5.68. The Balaban J connectivity index is 1.22. The third kappa shape index (κ3) is 3.04. The van der Waals surface area contributed by atoms with E-state index in [4.69, 9.17) is 24.7 Å². The predicted octanol–water partition coefficient (Wildman–Crippen LogP) is 2.42. The summed E-state index contributed by atoms with van der Waals surface area (Å²) in [6.07, 6.45) is 8.10. The number of carbonyl (C=O) groups is 1. The lowest BCUT2D eigenvalue weighted by Gasteiger charge is -2.48. The molecule has 5 aliphatic rings. The molecule has 7 atom stereocenters. The van der Waals surface area contributed by atoms with Gasteiger partial charge in [-0.2, -0.15) is 0 Å². The van der Waals surface area contributed by atoms with Gasteiger partial charge in [0.15, 0.2) is 0 Å². The average Bonchev–Trinajstić information content (AvgIpc) is 3.56. The Labute approximate surface area is 172 Å². The summed E-state index contributed by atoms with van der Waals surface area (Å²) in [7, 11) is 1.71. The number of methoxy groups -OCH3 is 1. The van der Waals surface area contributed by atoms with Crippen LogP contribution in [-0.4, -0.2) is 60.9 Å². The maximum absolute atomic E-state index is 12.5. The number of nitrogens with two attached hydrogens (primary N) is 1. The zero-order valence-corrected chi connectivity index (χ0v) is 17.7. The normalized spacial score (nSPS) is 49.3. The second-order valence-electron chi connectivity index (χ2n) is 9.85. The van der Waals surface area contributed by atoms with Crippen LogP contribution in [0.15, 0.2) is 11.6 Å². The summed E-state index contributed by atoms with van der Waals surface area (Å²) in [5.74, 6) is 0.139. The van der Waals surface area contributed by atoms with E-state index < -0.39 is 0 Å². The maximum Gasteiger partial charge on any atom is 0.407 e. The fraction of sp³-hybridized carbons (Fsp3) is 0.864. The van der Waals surface area contributed by atoms with E-state index in [1.807, 2.05) is 0 Å². The number of ether oxygens (including phenoxy) is 4. The van der Waals surface area contributed by atoms with Crippen molar-refractivity contribution < 1.29 is 23.7 Å². The molecular weight excluding hydrogens is 372 g/mol. The largest absolute Gasteiger partial charge is 0.443 e. The summed E-state index contributed by atoms with van der Waals surface area (Å²) in [5, 5.41) is 3.03. The number of fused-ring (bicyclic) bond motifs is 2. The molecule has 2 heterocycles. The summed E-state index contributed by atoms with van der Waals surface area (Å²) in [6, 6.07) is 0.417. The monoisotopic (exact) mass is 406 g/mol. The molecule has 0 aromatic rings. The summed E-state index contributed by atoms with van der Waals surface area (Å²) in [4.78, 5) is 12.5. The number of epoxide rings is 2. The quantitative estimate of drug-likeness (QED) is 0.537. The van der Waals surface area contributed by atoms with Crippen molar-refractivity contribution in [1.82, 2.24) is 5.32 Å². The second-order valence-corrected chi connectivity index (χ2v) is 9.85. The van der Waals surface area contributed by atoms with Gasteiger partial charge in [0, 0.05) is 19.2 Å². The second kappa shape index (κ2) is 6.94. The topological polar surface area (TPSA) is 98.6 Å². The number of rotatable bonds is 5. The number of hydrogen-bond acceptors (Lipinski definition) is 6.